The minimum atomic E-state index is 0.698. The summed E-state index contributed by atoms with van der Waals surface area (Å²) >= 11 is 0. The Kier molecular flexibility index (Phi) is 5.30. The summed E-state index contributed by atoms with van der Waals surface area (Å²) in [6.45, 7) is 5.81. The summed E-state index contributed by atoms with van der Waals surface area (Å²) in [5.74, 6) is 1.91. The largest absolute Gasteiger partial charge is 0.329 e. The van der Waals surface area contributed by atoms with Gasteiger partial charge < -0.3 is 5.73 Å². The molecule has 2 heteroatoms. The molecule has 2 atom stereocenters. The van der Waals surface area contributed by atoms with Crippen LogP contribution in [0.25, 0.3) is 0 Å². The van der Waals surface area contributed by atoms with Gasteiger partial charge in [0.1, 0.15) is 0 Å². The first kappa shape index (κ1) is 13.4. The highest BCUT2D eigenvalue weighted by Crippen LogP contribution is 2.33. The average Bonchev–Trinajstić information content (AvgIpc) is 2.49. The molecule has 2 unspecified atom stereocenters. The van der Waals surface area contributed by atoms with Gasteiger partial charge in [-0.05, 0) is 57.0 Å². The maximum Gasteiger partial charge on any atom is 0.0246 e. The van der Waals surface area contributed by atoms with Crippen molar-refractivity contribution in [2.45, 2.75) is 64.3 Å². The molecule has 2 N–H and O–H groups in total. The lowest BCUT2D eigenvalue weighted by atomic mass is 9.79. The first-order chi connectivity index (χ1) is 8.35. The minimum Gasteiger partial charge on any atom is -0.329 e. The molecule has 1 aliphatic carbocycles. The molecule has 0 amide bonds. The SMILES string of the molecule is CCCC1CCCN(C(CN)C2CCC2)CC1. The number of likely N-dealkylation sites (tertiary alicyclic amines) is 1. The summed E-state index contributed by atoms with van der Waals surface area (Å²) < 4.78 is 0. The Hall–Kier alpha value is -0.0800. The fourth-order valence-corrected chi connectivity index (χ4v) is 3.68. The van der Waals surface area contributed by atoms with Crippen molar-refractivity contribution < 1.29 is 0 Å². The molecule has 0 aromatic rings. The van der Waals surface area contributed by atoms with E-state index < -0.39 is 0 Å². The van der Waals surface area contributed by atoms with Gasteiger partial charge in [0.15, 0.2) is 0 Å². The summed E-state index contributed by atoms with van der Waals surface area (Å²) in [6.07, 6.45) is 11.3. The zero-order valence-electron chi connectivity index (χ0n) is 11.5. The quantitative estimate of drug-likeness (QED) is 0.798. The van der Waals surface area contributed by atoms with Crippen molar-refractivity contribution in [2.75, 3.05) is 19.6 Å². The van der Waals surface area contributed by atoms with Crippen LogP contribution in [0.5, 0.6) is 0 Å². The monoisotopic (exact) mass is 238 g/mol. The number of hydrogen-bond donors (Lipinski definition) is 1. The molecule has 1 aliphatic heterocycles. The van der Waals surface area contributed by atoms with Crippen molar-refractivity contribution in [3.05, 3.63) is 0 Å². The molecule has 0 radical (unpaired) electrons. The third-order valence-corrected chi connectivity index (χ3v) is 4.98. The van der Waals surface area contributed by atoms with E-state index in [-0.39, 0.29) is 0 Å². The molecule has 0 spiro atoms. The van der Waals surface area contributed by atoms with Crippen LogP contribution in [0.3, 0.4) is 0 Å². The van der Waals surface area contributed by atoms with Gasteiger partial charge in [0.25, 0.3) is 0 Å². The van der Waals surface area contributed by atoms with Crippen LogP contribution in [0.2, 0.25) is 0 Å². The third kappa shape index (κ3) is 3.45. The fraction of sp³-hybridized carbons (Fsp3) is 1.00. The highest BCUT2D eigenvalue weighted by molar-refractivity contribution is 4.87. The smallest absolute Gasteiger partial charge is 0.0246 e. The second-order valence-corrected chi connectivity index (χ2v) is 6.12. The Morgan fingerprint density at radius 1 is 1.12 bits per heavy atom. The molecule has 1 heterocycles. The van der Waals surface area contributed by atoms with Crippen LogP contribution >= 0.6 is 0 Å². The van der Waals surface area contributed by atoms with Crippen molar-refractivity contribution in [3.8, 4) is 0 Å². The van der Waals surface area contributed by atoms with Crippen LogP contribution in [0.4, 0.5) is 0 Å². The van der Waals surface area contributed by atoms with Crippen molar-refractivity contribution in [2.24, 2.45) is 17.6 Å². The molecular formula is C15H30N2. The van der Waals surface area contributed by atoms with E-state index in [0.29, 0.717) is 6.04 Å². The van der Waals surface area contributed by atoms with Crippen LogP contribution in [0.15, 0.2) is 0 Å². The fourth-order valence-electron chi connectivity index (χ4n) is 3.68. The second kappa shape index (κ2) is 6.75. The van der Waals surface area contributed by atoms with Crippen LogP contribution in [0.1, 0.15) is 58.3 Å². The Bertz CT molecular complexity index is 213. The maximum atomic E-state index is 6.02. The topological polar surface area (TPSA) is 29.3 Å². The molecule has 100 valence electrons. The van der Waals surface area contributed by atoms with Gasteiger partial charge in [0.2, 0.25) is 0 Å². The van der Waals surface area contributed by atoms with Gasteiger partial charge in [0, 0.05) is 12.6 Å². The highest BCUT2D eigenvalue weighted by Gasteiger charge is 2.31. The van der Waals surface area contributed by atoms with Gasteiger partial charge >= 0.3 is 0 Å². The molecule has 2 aliphatic rings. The summed E-state index contributed by atoms with van der Waals surface area (Å²) in [7, 11) is 0. The number of nitrogens with two attached hydrogens (primary N) is 1. The standard InChI is InChI=1S/C15H30N2/c1-2-5-13-6-4-10-17(11-9-13)15(12-16)14-7-3-8-14/h13-15H,2-12,16H2,1H3. The van der Waals surface area contributed by atoms with E-state index in [0.717, 1.165) is 18.4 Å². The predicted octanol–water partition coefficient (Wildman–Crippen LogP) is 3.02. The van der Waals surface area contributed by atoms with Gasteiger partial charge in [-0.1, -0.05) is 26.2 Å². The first-order valence-electron chi connectivity index (χ1n) is 7.79. The Labute approximate surface area is 107 Å². The molecular weight excluding hydrogens is 208 g/mol. The Morgan fingerprint density at radius 3 is 2.53 bits per heavy atom. The van der Waals surface area contributed by atoms with E-state index in [9.17, 15) is 0 Å². The van der Waals surface area contributed by atoms with Crippen LogP contribution in [-0.4, -0.2) is 30.6 Å². The molecule has 0 aromatic heterocycles. The highest BCUT2D eigenvalue weighted by atomic mass is 15.2. The molecule has 17 heavy (non-hydrogen) atoms. The van der Waals surface area contributed by atoms with E-state index in [2.05, 4.69) is 11.8 Å². The van der Waals surface area contributed by atoms with Gasteiger partial charge in [-0.15, -0.1) is 0 Å². The van der Waals surface area contributed by atoms with Crippen LogP contribution in [-0.2, 0) is 0 Å². The lowest BCUT2D eigenvalue weighted by Crippen LogP contribution is -2.48. The van der Waals surface area contributed by atoms with E-state index in [1.165, 1.54) is 64.5 Å². The molecule has 2 rings (SSSR count). The minimum absolute atomic E-state index is 0.698. The van der Waals surface area contributed by atoms with Crippen LogP contribution < -0.4 is 5.73 Å². The summed E-state index contributed by atoms with van der Waals surface area (Å²) in [5, 5.41) is 0. The third-order valence-electron chi connectivity index (χ3n) is 4.98. The summed E-state index contributed by atoms with van der Waals surface area (Å²) in [5.41, 5.74) is 6.02. The van der Waals surface area contributed by atoms with E-state index in [1.807, 2.05) is 0 Å². The zero-order chi connectivity index (χ0) is 12.1. The lowest BCUT2D eigenvalue weighted by Gasteiger charge is -2.40. The van der Waals surface area contributed by atoms with Crippen molar-refractivity contribution in [1.29, 1.82) is 0 Å². The number of rotatable bonds is 5. The number of nitrogens with zero attached hydrogens (tertiary/aromatic N) is 1. The number of hydrogen-bond acceptors (Lipinski definition) is 2. The molecule has 2 nitrogen and oxygen atoms in total. The Morgan fingerprint density at radius 2 is 1.94 bits per heavy atom. The second-order valence-electron chi connectivity index (χ2n) is 6.12. The predicted molar refractivity (Wildman–Crippen MR) is 74.0 cm³/mol. The van der Waals surface area contributed by atoms with Gasteiger partial charge in [-0.3, -0.25) is 4.90 Å². The zero-order valence-corrected chi connectivity index (χ0v) is 11.5. The molecule has 0 aromatic carbocycles. The molecule has 0 bridgehead atoms. The maximum absolute atomic E-state index is 6.02. The summed E-state index contributed by atoms with van der Waals surface area (Å²) in [4.78, 5) is 2.72. The molecule has 1 saturated heterocycles. The van der Waals surface area contributed by atoms with E-state index >= 15 is 0 Å². The molecule has 1 saturated carbocycles. The van der Waals surface area contributed by atoms with Crippen LogP contribution in [0, 0.1) is 11.8 Å². The van der Waals surface area contributed by atoms with Gasteiger partial charge in [0.05, 0.1) is 0 Å². The van der Waals surface area contributed by atoms with E-state index in [4.69, 9.17) is 5.73 Å². The first-order valence-corrected chi connectivity index (χ1v) is 7.79. The normalized spacial score (nSPS) is 29.6. The van der Waals surface area contributed by atoms with Crippen molar-refractivity contribution in [1.82, 2.24) is 4.90 Å². The van der Waals surface area contributed by atoms with Crippen molar-refractivity contribution >= 4 is 0 Å². The van der Waals surface area contributed by atoms with Gasteiger partial charge in [-0.2, -0.15) is 0 Å². The summed E-state index contributed by atoms with van der Waals surface area (Å²) in [6, 6.07) is 0.698. The Balaban J connectivity index is 1.83. The lowest BCUT2D eigenvalue weighted by molar-refractivity contribution is 0.102. The average molecular weight is 238 g/mol. The van der Waals surface area contributed by atoms with Gasteiger partial charge in [-0.25, -0.2) is 0 Å². The molecule has 2 fully saturated rings. The van der Waals surface area contributed by atoms with Crippen molar-refractivity contribution in [3.63, 3.8) is 0 Å². The van der Waals surface area contributed by atoms with E-state index in [1.54, 1.807) is 0 Å².